The molecule has 6 atom stereocenters. The topological polar surface area (TPSA) is 177 Å². The number of alkyl carbamates (subject to hydrolysis) is 1. The molecule has 0 saturated heterocycles. The van der Waals surface area contributed by atoms with Gasteiger partial charge in [0.25, 0.3) is 5.91 Å². The van der Waals surface area contributed by atoms with Crippen LogP contribution in [0.4, 0.5) is 9.59 Å². The van der Waals surface area contributed by atoms with E-state index in [0.717, 1.165) is 36.8 Å². The van der Waals surface area contributed by atoms with E-state index in [0.29, 0.717) is 32.4 Å². The van der Waals surface area contributed by atoms with Crippen molar-refractivity contribution in [2.45, 2.75) is 142 Å². The van der Waals surface area contributed by atoms with Crippen LogP contribution in [-0.2, 0) is 53.4 Å². The third-order valence-corrected chi connectivity index (χ3v) is 13.8. The van der Waals surface area contributed by atoms with Crippen molar-refractivity contribution in [3.8, 4) is 0 Å². The molecule has 6 rings (SSSR count). The molecule has 4 bridgehead atoms. The van der Waals surface area contributed by atoms with E-state index >= 15 is 0 Å². The first-order chi connectivity index (χ1) is 24.8. The minimum Gasteiger partial charge on any atom is -0.449 e. The van der Waals surface area contributed by atoms with Gasteiger partial charge in [0.15, 0.2) is 5.78 Å². The number of cyclic esters (lactones) is 1. The maximum atomic E-state index is 14.6. The van der Waals surface area contributed by atoms with Crippen LogP contribution in [0.15, 0.2) is 18.2 Å². The van der Waals surface area contributed by atoms with Crippen molar-refractivity contribution in [3.63, 3.8) is 0 Å². The molecule has 3 fully saturated rings. The van der Waals surface area contributed by atoms with Crippen LogP contribution in [-0.4, -0.2) is 72.6 Å². The average molecular weight is 757 g/mol. The smallest absolute Gasteiger partial charge is 0.410 e. The maximum Gasteiger partial charge on any atom is 0.410 e. The summed E-state index contributed by atoms with van der Waals surface area (Å²) in [6, 6.07) is 5.08. The Kier molecular flexibility index (Phi) is 10.7. The Labute approximate surface area is 313 Å². The van der Waals surface area contributed by atoms with Gasteiger partial charge in [-0.05, 0) is 84.8 Å². The first-order valence-electron chi connectivity index (χ1n) is 19.2. The molecule has 13 nitrogen and oxygen atoms in total. The number of fused-ring (bicyclic) bond motifs is 3. The molecule has 2 aliphatic heterocycles. The second-order valence-corrected chi connectivity index (χ2v) is 19.8. The van der Waals surface area contributed by atoms with Crippen LogP contribution >= 0.6 is 0 Å². The lowest BCUT2D eigenvalue weighted by Gasteiger charge is -2.33. The largest absolute Gasteiger partial charge is 0.449 e. The number of nitrogens with zero attached hydrogens (tertiary/aromatic N) is 1. The molecule has 53 heavy (non-hydrogen) atoms. The van der Waals surface area contributed by atoms with Crippen molar-refractivity contribution in [2.24, 2.45) is 28.6 Å². The van der Waals surface area contributed by atoms with E-state index in [1.54, 1.807) is 4.90 Å². The highest BCUT2D eigenvalue weighted by Gasteiger charge is 2.62. The molecule has 0 spiro atoms. The third kappa shape index (κ3) is 8.52. The molecule has 5 aliphatic rings. The average Bonchev–Trinajstić information content (AvgIpc) is 3.97. The number of nitrogens with one attached hydrogen (secondary N) is 3. The Morgan fingerprint density at radius 2 is 1.75 bits per heavy atom. The summed E-state index contributed by atoms with van der Waals surface area (Å²) >= 11 is 0. The molecular formula is C39H56N4O9S. The normalized spacial score (nSPS) is 30.8. The van der Waals surface area contributed by atoms with E-state index in [1.807, 2.05) is 53.7 Å². The van der Waals surface area contributed by atoms with E-state index in [9.17, 15) is 32.4 Å². The van der Waals surface area contributed by atoms with Gasteiger partial charge in [0, 0.05) is 19.0 Å². The summed E-state index contributed by atoms with van der Waals surface area (Å²) in [5.74, 6) is -4.05. The van der Waals surface area contributed by atoms with Crippen LogP contribution < -0.4 is 15.4 Å². The number of sulfonamides is 1. The Morgan fingerprint density at radius 1 is 1.04 bits per heavy atom. The number of hydrogen-bond acceptors (Lipinski definition) is 9. The number of amides is 4. The van der Waals surface area contributed by atoms with E-state index in [1.165, 1.54) is 5.56 Å². The second kappa shape index (κ2) is 14.5. The number of hydrogen-bond donors (Lipinski definition) is 3. The Balaban J connectivity index is 1.28. The lowest BCUT2D eigenvalue weighted by atomic mass is 9.77. The molecule has 3 N–H and O–H groups in total. The zero-order chi connectivity index (χ0) is 38.5. The lowest BCUT2D eigenvalue weighted by molar-refractivity contribution is -0.137. The van der Waals surface area contributed by atoms with Gasteiger partial charge in [0.2, 0.25) is 15.9 Å². The Hall–Kier alpha value is -3.68. The predicted octanol–water partition coefficient (Wildman–Crippen LogP) is 4.89. The minimum absolute atomic E-state index is 0.0182. The molecule has 0 radical (unpaired) electrons. The zero-order valence-corrected chi connectivity index (χ0v) is 32.7. The first-order valence-corrected chi connectivity index (χ1v) is 20.8. The van der Waals surface area contributed by atoms with Crippen LogP contribution in [0.3, 0.4) is 0 Å². The van der Waals surface area contributed by atoms with Crippen molar-refractivity contribution in [1.29, 1.82) is 0 Å². The van der Waals surface area contributed by atoms with Gasteiger partial charge in [0.1, 0.15) is 11.6 Å². The number of rotatable bonds is 6. The molecule has 14 heteroatoms. The highest BCUT2D eigenvalue weighted by Crippen LogP contribution is 2.48. The van der Waals surface area contributed by atoms with Crippen LogP contribution in [0, 0.1) is 28.6 Å². The summed E-state index contributed by atoms with van der Waals surface area (Å²) in [6.45, 7) is 12.3. The highest BCUT2D eigenvalue weighted by atomic mass is 32.2. The second-order valence-electron chi connectivity index (χ2n) is 17.8. The molecule has 1 aromatic carbocycles. The van der Waals surface area contributed by atoms with Crippen molar-refractivity contribution in [3.05, 3.63) is 34.9 Å². The van der Waals surface area contributed by atoms with Gasteiger partial charge in [-0.25, -0.2) is 18.0 Å². The van der Waals surface area contributed by atoms with Crippen LogP contribution in [0.1, 0.15) is 116 Å². The predicted molar refractivity (Wildman–Crippen MR) is 196 cm³/mol. The van der Waals surface area contributed by atoms with E-state index < -0.39 is 80.0 Å². The van der Waals surface area contributed by atoms with Gasteiger partial charge in [0.05, 0.1) is 23.8 Å². The van der Waals surface area contributed by atoms with Crippen molar-refractivity contribution >= 4 is 39.8 Å². The SMILES string of the molecule is CC[C@@H]1C[C@]1(NC(=O)[C@@H]1C[C@@H]2CC1C(=O)[C@H](C(C)(C)C)NC(=O)OCC(C)(C)CCCCc1cccc3c1CN(C3)C(=O)O2)C(=O)NS(=O)(=O)C1CC1. The fourth-order valence-corrected chi connectivity index (χ4v) is 9.77. The Bertz CT molecular complexity index is 1750. The van der Waals surface area contributed by atoms with Crippen LogP contribution in [0.5, 0.6) is 0 Å². The lowest BCUT2D eigenvalue weighted by Crippen LogP contribution is -2.56. The summed E-state index contributed by atoms with van der Waals surface area (Å²) in [5.41, 5.74) is 0.849. The number of ketones is 1. The van der Waals surface area contributed by atoms with Crippen molar-refractivity contribution in [2.75, 3.05) is 6.61 Å². The van der Waals surface area contributed by atoms with Crippen LogP contribution in [0.25, 0.3) is 0 Å². The van der Waals surface area contributed by atoms with Gasteiger partial charge >= 0.3 is 12.2 Å². The molecule has 3 saturated carbocycles. The number of aryl methyl sites for hydroxylation is 1. The van der Waals surface area contributed by atoms with Gasteiger partial charge in [-0.1, -0.05) is 72.6 Å². The summed E-state index contributed by atoms with van der Waals surface area (Å²) in [7, 11) is -3.87. The molecule has 2 heterocycles. The van der Waals surface area contributed by atoms with E-state index in [4.69, 9.17) is 9.47 Å². The van der Waals surface area contributed by atoms with E-state index in [2.05, 4.69) is 21.4 Å². The molecular weight excluding hydrogens is 701 g/mol. The van der Waals surface area contributed by atoms with Crippen molar-refractivity contribution < 1.29 is 41.9 Å². The zero-order valence-electron chi connectivity index (χ0n) is 31.9. The molecule has 0 aromatic heterocycles. The molecule has 1 unspecified atom stereocenters. The van der Waals surface area contributed by atoms with Gasteiger partial charge in [-0.2, -0.15) is 0 Å². The number of carbonyl (C=O) groups is 5. The quantitative estimate of drug-likeness (QED) is 0.365. The number of carbonyl (C=O) groups excluding carboxylic acids is 5. The maximum absolute atomic E-state index is 14.6. The molecule has 4 amide bonds. The number of ether oxygens (including phenoxy) is 2. The van der Waals surface area contributed by atoms with Gasteiger partial charge in [-0.15, -0.1) is 0 Å². The number of benzene rings is 1. The summed E-state index contributed by atoms with van der Waals surface area (Å²) in [6.07, 6.45) is 3.25. The summed E-state index contributed by atoms with van der Waals surface area (Å²) < 4.78 is 39.4. The van der Waals surface area contributed by atoms with Crippen molar-refractivity contribution in [1.82, 2.24) is 20.3 Å². The standard InChI is InChI=1S/C39H56N4O9S/c1-7-25-19-39(25,34(46)42-53(49,50)27-14-15-27)41-33(45)29-18-26-17-28(29)31(44)32(37(2,3)4)40-35(47)51-22-38(5,6)16-9-8-11-23-12-10-13-24-20-43(21-30(23)24)36(48)52-26/h10,12-13,25-29,32H,7-9,11,14-22H2,1-6H3,(H,40,47)(H,41,45)(H,42,46)/t25-,26+,28?,29-,32-,39-/m1/s1. The number of Topliss-reactive ketones (excluding diaryl/α,β-unsaturated/α-hetero) is 1. The monoisotopic (exact) mass is 756 g/mol. The van der Waals surface area contributed by atoms with Gasteiger partial charge < -0.3 is 20.1 Å². The fraction of sp³-hybridized carbons (Fsp3) is 0.718. The molecule has 3 aliphatic carbocycles. The summed E-state index contributed by atoms with van der Waals surface area (Å²) in [4.78, 5) is 71.0. The first kappa shape index (κ1) is 39.0. The molecule has 292 valence electrons. The van der Waals surface area contributed by atoms with Crippen LogP contribution in [0.2, 0.25) is 0 Å². The fourth-order valence-electron chi connectivity index (χ4n) is 8.41. The highest BCUT2D eigenvalue weighted by molar-refractivity contribution is 7.91. The molecule has 1 aromatic rings. The van der Waals surface area contributed by atoms with Gasteiger partial charge in [-0.3, -0.25) is 24.0 Å². The Morgan fingerprint density at radius 3 is 2.42 bits per heavy atom. The summed E-state index contributed by atoms with van der Waals surface area (Å²) in [5, 5.41) is 5.04. The minimum atomic E-state index is -3.87. The third-order valence-electron chi connectivity index (χ3n) is 11.9. The van der Waals surface area contributed by atoms with E-state index in [-0.39, 0.29) is 37.2 Å².